The van der Waals surface area contributed by atoms with Crippen LogP contribution in [0.4, 0.5) is 18.9 Å². The number of carbonyl (C=O) groups excluding carboxylic acids is 1. The van der Waals surface area contributed by atoms with E-state index in [9.17, 15) is 18.0 Å². The standard InChI is InChI=1S/C15H19F3N2O/c1-9(10-4-3-5-10)20-14(21)12-8-11(15(16,17)18)6-7-13(12)19-2/h6-10,19H,3-5H2,1-2H3,(H,20,21). The maximum Gasteiger partial charge on any atom is 0.416 e. The Kier molecular flexibility index (Phi) is 4.44. The lowest BCUT2D eigenvalue weighted by molar-refractivity contribution is -0.137. The second-order valence-electron chi connectivity index (χ2n) is 5.46. The minimum atomic E-state index is -4.46. The molecule has 1 aliphatic rings. The summed E-state index contributed by atoms with van der Waals surface area (Å²) in [6, 6.07) is 3.13. The Bertz CT molecular complexity index is 524. The first-order chi connectivity index (χ1) is 9.82. The summed E-state index contributed by atoms with van der Waals surface area (Å²) in [5.41, 5.74) is -0.400. The number of hydrogen-bond donors (Lipinski definition) is 2. The van der Waals surface area contributed by atoms with Crippen molar-refractivity contribution >= 4 is 11.6 Å². The number of rotatable bonds is 4. The first-order valence-electron chi connectivity index (χ1n) is 7.02. The third-order valence-corrected chi connectivity index (χ3v) is 4.08. The van der Waals surface area contributed by atoms with E-state index in [0.29, 0.717) is 11.6 Å². The van der Waals surface area contributed by atoms with Crippen molar-refractivity contribution < 1.29 is 18.0 Å². The number of alkyl halides is 3. The van der Waals surface area contributed by atoms with Crippen molar-refractivity contribution in [3.8, 4) is 0 Å². The molecule has 2 rings (SSSR count). The molecule has 0 heterocycles. The predicted molar refractivity (Wildman–Crippen MR) is 75.3 cm³/mol. The molecule has 6 heteroatoms. The molecule has 1 amide bonds. The number of halogens is 3. The average molecular weight is 300 g/mol. The Morgan fingerprint density at radius 2 is 2.00 bits per heavy atom. The van der Waals surface area contributed by atoms with Crippen LogP contribution in [0.25, 0.3) is 0 Å². The molecule has 3 nitrogen and oxygen atoms in total. The second kappa shape index (κ2) is 5.95. The van der Waals surface area contributed by atoms with Gasteiger partial charge in [0.2, 0.25) is 0 Å². The van der Waals surface area contributed by atoms with E-state index in [2.05, 4.69) is 10.6 Å². The summed E-state index contributed by atoms with van der Waals surface area (Å²) in [6.07, 6.45) is -1.19. The van der Waals surface area contributed by atoms with E-state index in [1.54, 1.807) is 7.05 Å². The predicted octanol–water partition coefficient (Wildman–Crippen LogP) is 3.67. The molecule has 1 aromatic rings. The number of hydrogen-bond acceptors (Lipinski definition) is 2. The van der Waals surface area contributed by atoms with E-state index in [4.69, 9.17) is 0 Å². The van der Waals surface area contributed by atoms with Crippen LogP contribution >= 0.6 is 0 Å². The Morgan fingerprint density at radius 1 is 1.33 bits per heavy atom. The van der Waals surface area contributed by atoms with Crippen molar-refractivity contribution in [1.29, 1.82) is 0 Å². The van der Waals surface area contributed by atoms with Crippen LogP contribution in [0.1, 0.15) is 42.1 Å². The third-order valence-electron chi connectivity index (χ3n) is 4.08. The van der Waals surface area contributed by atoms with Gasteiger partial charge < -0.3 is 10.6 Å². The van der Waals surface area contributed by atoms with Gasteiger partial charge in [0.1, 0.15) is 0 Å². The fourth-order valence-corrected chi connectivity index (χ4v) is 2.47. The van der Waals surface area contributed by atoms with Gasteiger partial charge in [-0.2, -0.15) is 13.2 Å². The van der Waals surface area contributed by atoms with E-state index in [1.165, 1.54) is 6.07 Å². The summed E-state index contributed by atoms with van der Waals surface area (Å²) in [6.45, 7) is 1.90. The zero-order chi connectivity index (χ0) is 15.6. The van der Waals surface area contributed by atoms with Crippen molar-refractivity contribution in [3.63, 3.8) is 0 Å². The monoisotopic (exact) mass is 300 g/mol. The molecule has 0 aliphatic heterocycles. The van der Waals surface area contributed by atoms with Gasteiger partial charge in [-0.3, -0.25) is 4.79 Å². The number of nitrogens with one attached hydrogen (secondary N) is 2. The first-order valence-corrected chi connectivity index (χ1v) is 7.02. The lowest BCUT2D eigenvalue weighted by Crippen LogP contribution is -2.40. The van der Waals surface area contributed by atoms with Crippen molar-refractivity contribution in [2.45, 2.75) is 38.4 Å². The summed E-state index contributed by atoms with van der Waals surface area (Å²) in [5, 5.41) is 5.56. The highest BCUT2D eigenvalue weighted by molar-refractivity contribution is 6.00. The Labute approximate surface area is 121 Å². The minimum absolute atomic E-state index is 0.0227. The highest BCUT2D eigenvalue weighted by Gasteiger charge is 2.32. The number of benzene rings is 1. The molecule has 21 heavy (non-hydrogen) atoms. The molecular weight excluding hydrogens is 281 g/mol. The zero-order valence-electron chi connectivity index (χ0n) is 12.1. The minimum Gasteiger partial charge on any atom is -0.387 e. The first kappa shape index (κ1) is 15.7. The van der Waals surface area contributed by atoms with Gasteiger partial charge >= 0.3 is 6.18 Å². The van der Waals surface area contributed by atoms with Crippen molar-refractivity contribution in [1.82, 2.24) is 5.32 Å². The number of anilines is 1. The molecule has 1 fully saturated rings. The van der Waals surface area contributed by atoms with Crippen LogP contribution in [-0.4, -0.2) is 19.0 Å². The van der Waals surface area contributed by atoms with Crippen LogP contribution in [0.5, 0.6) is 0 Å². The molecule has 0 aromatic heterocycles. The summed E-state index contributed by atoms with van der Waals surface area (Å²) in [7, 11) is 1.58. The molecule has 0 bridgehead atoms. The van der Waals surface area contributed by atoms with Gasteiger partial charge in [0.05, 0.1) is 11.1 Å². The molecule has 0 radical (unpaired) electrons. The maximum atomic E-state index is 12.8. The zero-order valence-corrected chi connectivity index (χ0v) is 12.1. The quantitative estimate of drug-likeness (QED) is 0.891. The summed E-state index contributed by atoms with van der Waals surface area (Å²) < 4.78 is 38.3. The molecular formula is C15H19F3N2O. The van der Waals surface area contributed by atoms with E-state index < -0.39 is 17.6 Å². The molecule has 0 spiro atoms. The largest absolute Gasteiger partial charge is 0.416 e. The smallest absolute Gasteiger partial charge is 0.387 e. The normalized spacial score (nSPS) is 17.0. The summed E-state index contributed by atoms with van der Waals surface area (Å²) in [4.78, 5) is 12.2. The molecule has 1 atom stereocenters. The average Bonchev–Trinajstić information content (AvgIpc) is 2.34. The van der Waals surface area contributed by atoms with Crippen molar-refractivity contribution in [2.75, 3.05) is 12.4 Å². The third kappa shape index (κ3) is 3.49. The molecule has 2 N–H and O–H groups in total. The van der Waals surface area contributed by atoms with Crippen LogP contribution in [0.2, 0.25) is 0 Å². The van der Waals surface area contributed by atoms with Gasteiger partial charge in [-0.05, 0) is 43.9 Å². The van der Waals surface area contributed by atoms with Crippen LogP contribution in [0.15, 0.2) is 18.2 Å². The molecule has 1 unspecified atom stereocenters. The lowest BCUT2D eigenvalue weighted by atomic mass is 9.80. The molecule has 1 saturated carbocycles. The highest BCUT2D eigenvalue weighted by Crippen LogP contribution is 2.32. The van der Waals surface area contributed by atoms with Crippen molar-refractivity contribution in [2.24, 2.45) is 5.92 Å². The fraction of sp³-hybridized carbons (Fsp3) is 0.533. The Morgan fingerprint density at radius 3 is 2.48 bits per heavy atom. The van der Waals surface area contributed by atoms with E-state index in [0.717, 1.165) is 31.4 Å². The molecule has 116 valence electrons. The van der Waals surface area contributed by atoms with Crippen LogP contribution in [0.3, 0.4) is 0 Å². The fourth-order valence-electron chi connectivity index (χ4n) is 2.47. The Balaban J connectivity index is 2.21. The van der Waals surface area contributed by atoms with Gasteiger partial charge in [0, 0.05) is 18.8 Å². The van der Waals surface area contributed by atoms with Gasteiger partial charge in [-0.25, -0.2) is 0 Å². The Hall–Kier alpha value is -1.72. The van der Waals surface area contributed by atoms with Gasteiger partial charge in [-0.1, -0.05) is 6.42 Å². The van der Waals surface area contributed by atoms with E-state index >= 15 is 0 Å². The maximum absolute atomic E-state index is 12.8. The number of carbonyl (C=O) groups is 1. The van der Waals surface area contributed by atoms with Gasteiger partial charge in [-0.15, -0.1) is 0 Å². The number of amides is 1. The van der Waals surface area contributed by atoms with Gasteiger partial charge in [0.15, 0.2) is 0 Å². The van der Waals surface area contributed by atoms with Gasteiger partial charge in [0.25, 0.3) is 5.91 Å². The van der Waals surface area contributed by atoms with E-state index in [1.807, 2.05) is 6.92 Å². The van der Waals surface area contributed by atoms with Crippen LogP contribution < -0.4 is 10.6 Å². The summed E-state index contributed by atoms with van der Waals surface area (Å²) >= 11 is 0. The van der Waals surface area contributed by atoms with Crippen molar-refractivity contribution in [3.05, 3.63) is 29.3 Å². The highest BCUT2D eigenvalue weighted by atomic mass is 19.4. The van der Waals surface area contributed by atoms with Crippen LogP contribution in [0, 0.1) is 5.92 Å². The second-order valence-corrected chi connectivity index (χ2v) is 5.46. The lowest BCUT2D eigenvalue weighted by Gasteiger charge is -2.32. The van der Waals surface area contributed by atoms with E-state index in [-0.39, 0.29) is 11.6 Å². The summed E-state index contributed by atoms with van der Waals surface area (Å²) in [5.74, 6) is -0.0392. The molecule has 0 saturated heterocycles. The van der Waals surface area contributed by atoms with Crippen LogP contribution in [-0.2, 0) is 6.18 Å². The SMILES string of the molecule is CNc1ccc(C(F)(F)F)cc1C(=O)NC(C)C1CCC1. The molecule has 1 aromatic carbocycles. The topological polar surface area (TPSA) is 41.1 Å². The molecule has 1 aliphatic carbocycles.